The molecule has 3 N–H and O–H groups in total. The highest BCUT2D eigenvalue weighted by Crippen LogP contribution is 2.46. The lowest BCUT2D eigenvalue weighted by molar-refractivity contribution is -0.117. The Balaban J connectivity index is 1.63. The fourth-order valence-electron chi connectivity index (χ4n) is 4.11. The molecule has 7 heteroatoms. The molecule has 0 saturated heterocycles. The van der Waals surface area contributed by atoms with Gasteiger partial charge >= 0.3 is 0 Å². The lowest BCUT2D eigenvalue weighted by Crippen LogP contribution is -2.29. The lowest BCUT2D eigenvalue weighted by Gasteiger charge is -2.10. The van der Waals surface area contributed by atoms with Crippen LogP contribution in [0.15, 0.2) is 78.9 Å². The third-order valence-corrected chi connectivity index (χ3v) is 5.82. The number of anilines is 1. The molecule has 1 unspecified atom stereocenters. The fourth-order valence-corrected chi connectivity index (χ4v) is 4.28. The summed E-state index contributed by atoms with van der Waals surface area (Å²) in [5.41, 5.74) is 3.72. The van der Waals surface area contributed by atoms with Crippen molar-refractivity contribution in [2.75, 3.05) is 5.32 Å². The highest BCUT2D eigenvalue weighted by molar-refractivity contribution is 6.32. The second-order valence-corrected chi connectivity index (χ2v) is 8.02. The Bertz CT molecular complexity index is 1500. The molecule has 2 aliphatic rings. The summed E-state index contributed by atoms with van der Waals surface area (Å²) in [5, 5.41) is 20.6. The number of halogens is 1. The first-order valence-electron chi connectivity index (χ1n) is 10.2. The van der Waals surface area contributed by atoms with Gasteiger partial charge in [-0.15, -0.1) is 0 Å². The van der Waals surface area contributed by atoms with E-state index in [-0.39, 0.29) is 5.69 Å². The van der Waals surface area contributed by atoms with Gasteiger partial charge in [0.2, 0.25) is 11.7 Å². The quantitative estimate of drug-likeness (QED) is 0.229. The van der Waals surface area contributed by atoms with E-state index in [1.54, 1.807) is 30.3 Å². The van der Waals surface area contributed by atoms with Crippen molar-refractivity contribution in [1.82, 2.24) is 10.2 Å². The number of para-hydroxylation sites is 1. The summed E-state index contributed by atoms with van der Waals surface area (Å²) >= 11 is 6.29. The molecule has 1 aliphatic heterocycles. The van der Waals surface area contributed by atoms with Gasteiger partial charge < -0.3 is 5.32 Å². The van der Waals surface area contributed by atoms with Crippen LogP contribution < -0.4 is 5.32 Å². The number of hydrogen-bond donors (Lipinski definition) is 3. The van der Waals surface area contributed by atoms with Gasteiger partial charge in [-0.1, -0.05) is 66.2 Å². The van der Waals surface area contributed by atoms with Crippen LogP contribution in [0.4, 0.5) is 5.69 Å². The average molecular weight is 453 g/mol. The van der Waals surface area contributed by atoms with Gasteiger partial charge in [0.25, 0.3) is 0 Å². The molecule has 5 rings (SSSR count). The molecule has 33 heavy (non-hydrogen) atoms. The third-order valence-electron chi connectivity index (χ3n) is 5.59. The number of fused-ring (bicyclic) bond motifs is 3. The zero-order valence-electron chi connectivity index (χ0n) is 17.2. The number of benzene rings is 3. The zero-order valence-corrected chi connectivity index (χ0v) is 18.0. The molecule has 160 valence electrons. The van der Waals surface area contributed by atoms with Crippen LogP contribution in [0.5, 0.6) is 0 Å². The third kappa shape index (κ3) is 3.55. The number of nitrogens with one attached hydrogen (secondary N) is 3. The monoisotopic (exact) mass is 452 g/mol. The van der Waals surface area contributed by atoms with Crippen molar-refractivity contribution < 1.29 is 9.59 Å². The lowest BCUT2D eigenvalue weighted by atomic mass is 9.95. The van der Waals surface area contributed by atoms with Crippen LogP contribution in [0.2, 0.25) is 5.02 Å². The van der Waals surface area contributed by atoms with Gasteiger partial charge in [-0.2, -0.15) is 5.26 Å². The van der Waals surface area contributed by atoms with Crippen molar-refractivity contribution in [2.45, 2.75) is 0 Å². The van der Waals surface area contributed by atoms with Gasteiger partial charge in [-0.25, -0.2) is 0 Å². The maximum Gasteiger partial charge on any atom is 0.249 e. The van der Waals surface area contributed by atoms with Gasteiger partial charge in [0.1, 0.15) is 5.69 Å². The Hall–Kier alpha value is -4.34. The summed E-state index contributed by atoms with van der Waals surface area (Å²) in [6.07, 6.45) is 0. The summed E-state index contributed by atoms with van der Waals surface area (Å²) < 4.78 is 0. The number of aromatic amines is 2. The van der Waals surface area contributed by atoms with E-state index in [2.05, 4.69) is 15.5 Å². The summed E-state index contributed by atoms with van der Waals surface area (Å²) in [5.74, 6) is -2.82. The van der Waals surface area contributed by atoms with Crippen molar-refractivity contribution in [3.63, 3.8) is 0 Å². The van der Waals surface area contributed by atoms with Crippen LogP contribution in [0.3, 0.4) is 0 Å². The topological polar surface area (TPSA) is 102 Å². The number of H-pyrrole nitrogens is 2. The Morgan fingerprint density at radius 2 is 1.58 bits per heavy atom. The van der Waals surface area contributed by atoms with Crippen LogP contribution in [-0.4, -0.2) is 21.9 Å². The van der Waals surface area contributed by atoms with E-state index < -0.39 is 17.6 Å². The molecule has 1 amide bonds. The number of nitrogens with zero attached hydrogens (tertiary/aromatic N) is 1. The smallest absolute Gasteiger partial charge is 0.249 e. The van der Waals surface area contributed by atoms with E-state index in [0.717, 1.165) is 21.9 Å². The summed E-state index contributed by atoms with van der Waals surface area (Å²) in [6.45, 7) is 0. The van der Waals surface area contributed by atoms with E-state index in [1.165, 1.54) is 0 Å². The van der Waals surface area contributed by atoms with Crippen LogP contribution in [0, 0.1) is 17.2 Å². The number of rotatable bonds is 5. The number of Topliss-reactive ketones (excluding diaryl/α,β-unsaturated/α-hetero) is 1. The molecule has 1 aliphatic carbocycles. The van der Waals surface area contributed by atoms with E-state index in [1.807, 2.05) is 54.6 Å². The highest BCUT2D eigenvalue weighted by atomic mass is 35.5. The second kappa shape index (κ2) is 8.30. The molecule has 0 bridgehead atoms. The van der Waals surface area contributed by atoms with Gasteiger partial charge in [-0.3, -0.25) is 19.8 Å². The van der Waals surface area contributed by atoms with Crippen molar-refractivity contribution >= 4 is 39.8 Å². The maximum atomic E-state index is 13.4. The second-order valence-electron chi connectivity index (χ2n) is 7.59. The molecular formula is C26H17ClN4O2. The minimum atomic E-state index is -1.52. The molecule has 6 nitrogen and oxygen atoms in total. The number of aromatic nitrogens is 2. The Morgan fingerprint density at radius 3 is 2.27 bits per heavy atom. The minimum Gasteiger partial charge on any atom is -0.325 e. The van der Waals surface area contributed by atoms with Crippen LogP contribution in [0.25, 0.3) is 33.2 Å². The van der Waals surface area contributed by atoms with Crippen molar-refractivity contribution in [1.29, 1.82) is 5.26 Å². The predicted octanol–water partition coefficient (Wildman–Crippen LogP) is 5.88. The molecule has 0 radical (unpaired) electrons. The van der Waals surface area contributed by atoms with E-state index in [9.17, 15) is 14.9 Å². The molecule has 1 heterocycles. The molecular weight excluding hydrogens is 436 g/mol. The van der Waals surface area contributed by atoms with Gasteiger partial charge in [-0.05, 0) is 35.2 Å². The highest BCUT2D eigenvalue weighted by Gasteiger charge is 2.34. The Morgan fingerprint density at radius 1 is 0.879 bits per heavy atom. The van der Waals surface area contributed by atoms with Crippen molar-refractivity contribution in [3.8, 4) is 28.5 Å². The molecule has 3 aromatic carbocycles. The normalized spacial score (nSPS) is 11.9. The maximum absolute atomic E-state index is 13.4. The van der Waals surface area contributed by atoms with Gasteiger partial charge in [0, 0.05) is 27.2 Å². The van der Waals surface area contributed by atoms with E-state index in [0.29, 0.717) is 22.0 Å². The van der Waals surface area contributed by atoms with Crippen LogP contribution >= 0.6 is 11.6 Å². The summed E-state index contributed by atoms with van der Waals surface area (Å²) in [4.78, 5) is 26.2. The summed E-state index contributed by atoms with van der Waals surface area (Å²) in [7, 11) is 0. The largest absolute Gasteiger partial charge is 0.325 e. The number of carbonyl (C=O) groups is 2. The summed E-state index contributed by atoms with van der Waals surface area (Å²) in [6, 6.07) is 25.7. The first kappa shape index (κ1) is 20.6. The minimum absolute atomic E-state index is 0.172. The molecule has 0 spiro atoms. The Kier molecular flexibility index (Phi) is 5.17. The number of hydrogen-bond acceptors (Lipinski definition) is 3. The van der Waals surface area contributed by atoms with Crippen LogP contribution in [-0.2, 0) is 4.79 Å². The standard InChI is InChI=1S/C26H17ClN4O2/c27-16-11-12-18-19(13-16)21(15-7-3-1-4-8-15)22-23(18)30-31-24(22)25(32)20(14-28)26(33)29-17-9-5-2-6-10-17/h1-13,20,30-31H,(H,29,33). The first-order valence-corrected chi connectivity index (χ1v) is 10.6. The fraction of sp³-hybridized carbons (Fsp3) is 0.0385. The molecule has 3 aromatic rings. The SMILES string of the molecule is N#CC(C(=O)Nc1ccccc1)C(=O)c1[nH][nH]c2c3ccc(Cl)cc3c(-c3ccccc3)c1-2. The first-order chi connectivity index (χ1) is 16.1. The number of amides is 1. The van der Waals surface area contributed by atoms with Crippen molar-refractivity contribution in [2.24, 2.45) is 5.92 Å². The number of nitriles is 1. The van der Waals surface area contributed by atoms with Gasteiger partial charge in [0.15, 0.2) is 5.92 Å². The van der Waals surface area contributed by atoms with Gasteiger partial charge in [0.05, 0.1) is 11.8 Å². The zero-order chi connectivity index (χ0) is 22.9. The van der Waals surface area contributed by atoms with E-state index in [4.69, 9.17) is 11.6 Å². The van der Waals surface area contributed by atoms with E-state index >= 15 is 0 Å². The van der Waals surface area contributed by atoms with Crippen LogP contribution in [0.1, 0.15) is 10.5 Å². The molecule has 0 fully saturated rings. The number of carbonyl (C=O) groups excluding carboxylic acids is 2. The average Bonchev–Trinajstić information content (AvgIpc) is 3.38. The predicted molar refractivity (Wildman–Crippen MR) is 128 cm³/mol. The molecule has 0 aromatic heterocycles. The number of ketones is 1. The van der Waals surface area contributed by atoms with Crippen molar-refractivity contribution in [3.05, 3.63) is 89.6 Å². The molecule has 1 atom stereocenters. The molecule has 0 saturated carbocycles. The Labute approximate surface area is 194 Å².